The zero-order valence-electron chi connectivity index (χ0n) is 10.5. The summed E-state index contributed by atoms with van der Waals surface area (Å²) in [6, 6.07) is 8.00. The highest BCUT2D eigenvalue weighted by atomic mass is 16.2. The Morgan fingerprint density at radius 3 is 2.94 bits per heavy atom. The van der Waals surface area contributed by atoms with Crippen LogP contribution < -0.4 is 10.6 Å². The second-order valence-corrected chi connectivity index (χ2v) is 5.03. The maximum absolute atomic E-state index is 11.9. The highest BCUT2D eigenvalue weighted by Gasteiger charge is 2.25. The smallest absolute Gasteiger partial charge is 0.242 e. The fourth-order valence-corrected chi connectivity index (χ4v) is 2.06. The first-order valence-corrected chi connectivity index (χ1v) is 6.29. The molecular formula is C14H20N2O. The first-order valence-electron chi connectivity index (χ1n) is 6.29. The van der Waals surface area contributed by atoms with Crippen molar-refractivity contribution < 1.29 is 4.79 Å². The van der Waals surface area contributed by atoms with Gasteiger partial charge in [0.2, 0.25) is 5.91 Å². The predicted molar refractivity (Wildman–Crippen MR) is 70.0 cm³/mol. The van der Waals surface area contributed by atoms with Gasteiger partial charge in [0.1, 0.15) is 6.04 Å². The van der Waals surface area contributed by atoms with Crippen LogP contribution in [0.4, 0.5) is 5.69 Å². The Bertz CT molecular complexity index is 376. The number of carbonyl (C=O) groups excluding carboxylic acids is 1. The minimum Gasteiger partial charge on any atom is -0.373 e. The number of amides is 1. The van der Waals surface area contributed by atoms with Crippen molar-refractivity contribution >= 4 is 11.6 Å². The summed E-state index contributed by atoms with van der Waals surface area (Å²) >= 11 is 0. The molecule has 3 heteroatoms. The molecule has 2 rings (SSSR count). The summed E-state index contributed by atoms with van der Waals surface area (Å²) in [6.45, 7) is 5.09. The molecule has 1 aliphatic heterocycles. The number of fused-ring (bicyclic) bond motifs is 1. The minimum atomic E-state index is -0.0976. The van der Waals surface area contributed by atoms with Crippen molar-refractivity contribution in [2.24, 2.45) is 5.92 Å². The lowest BCUT2D eigenvalue weighted by Crippen LogP contribution is -2.39. The molecule has 1 heterocycles. The van der Waals surface area contributed by atoms with Gasteiger partial charge < -0.3 is 10.6 Å². The van der Waals surface area contributed by atoms with Gasteiger partial charge in [-0.1, -0.05) is 32.0 Å². The summed E-state index contributed by atoms with van der Waals surface area (Å²) in [7, 11) is 0. The highest BCUT2D eigenvalue weighted by molar-refractivity contribution is 5.87. The molecule has 3 nitrogen and oxygen atoms in total. The molecule has 92 valence electrons. The Morgan fingerprint density at radius 1 is 1.47 bits per heavy atom. The maximum atomic E-state index is 11.9. The van der Waals surface area contributed by atoms with Gasteiger partial charge in [-0.3, -0.25) is 4.79 Å². The lowest BCUT2D eigenvalue weighted by Gasteiger charge is -2.12. The molecule has 17 heavy (non-hydrogen) atoms. The van der Waals surface area contributed by atoms with Crippen LogP contribution in [0, 0.1) is 5.92 Å². The van der Waals surface area contributed by atoms with E-state index < -0.39 is 0 Å². The molecular weight excluding hydrogens is 212 g/mol. The topological polar surface area (TPSA) is 41.1 Å². The van der Waals surface area contributed by atoms with Crippen LogP contribution in [0.2, 0.25) is 0 Å². The van der Waals surface area contributed by atoms with Gasteiger partial charge in [-0.25, -0.2) is 0 Å². The SMILES string of the molecule is CC(C)CCNC(=O)C1Cc2ccccc2N1. The van der Waals surface area contributed by atoms with Crippen LogP contribution in [0.5, 0.6) is 0 Å². The van der Waals surface area contributed by atoms with E-state index in [1.54, 1.807) is 0 Å². The third-order valence-electron chi connectivity index (χ3n) is 3.11. The molecule has 0 fully saturated rings. The van der Waals surface area contributed by atoms with Crippen molar-refractivity contribution in [1.29, 1.82) is 0 Å². The van der Waals surface area contributed by atoms with Crippen molar-refractivity contribution in [3.63, 3.8) is 0 Å². The summed E-state index contributed by atoms with van der Waals surface area (Å²) < 4.78 is 0. The number of rotatable bonds is 4. The summed E-state index contributed by atoms with van der Waals surface area (Å²) in [4.78, 5) is 11.9. The predicted octanol–water partition coefficient (Wildman–Crippen LogP) is 2.19. The zero-order chi connectivity index (χ0) is 12.3. The normalized spacial score (nSPS) is 17.7. The molecule has 2 N–H and O–H groups in total. The van der Waals surface area contributed by atoms with E-state index in [-0.39, 0.29) is 11.9 Å². The van der Waals surface area contributed by atoms with Crippen LogP contribution in [0.1, 0.15) is 25.8 Å². The van der Waals surface area contributed by atoms with E-state index in [4.69, 9.17) is 0 Å². The van der Waals surface area contributed by atoms with Crippen molar-refractivity contribution in [3.05, 3.63) is 29.8 Å². The number of para-hydroxylation sites is 1. The average Bonchev–Trinajstić information content (AvgIpc) is 2.71. The van der Waals surface area contributed by atoms with Crippen molar-refractivity contribution in [1.82, 2.24) is 5.32 Å². The van der Waals surface area contributed by atoms with E-state index in [0.29, 0.717) is 5.92 Å². The van der Waals surface area contributed by atoms with Crippen molar-refractivity contribution in [3.8, 4) is 0 Å². The fourth-order valence-electron chi connectivity index (χ4n) is 2.06. The monoisotopic (exact) mass is 232 g/mol. The molecule has 0 aliphatic carbocycles. The second-order valence-electron chi connectivity index (χ2n) is 5.03. The molecule has 0 spiro atoms. The zero-order valence-corrected chi connectivity index (χ0v) is 10.5. The third-order valence-corrected chi connectivity index (χ3v) is 3.11. The molecule has 1 unspecified atom stereocenters. The lowest BCUT2D eigenvalue weighted by molar-refractivity contribution is -0.121. The molecule has 1 amide bonds. The Hall–Kier alpha value is -1.51. The molecule has 0 saturated heterocycles. The number of nitrogens with one attached hydrogen (secondary N) is 2. The van der Waals surface area contributed by atoms with E-state index in [0.717, 1.165) is 25.1 Å². The van der Waals surface area contributed by atoms with E-state index in [9.17, 15) is 4.79 Å². The molecule has 1 aromatic rings. The molecule has 1 aromatic carbocycles. The van der Waals surface area contributed by atoms with Gasteiger partial charge in [0, 0.05) is 18.7 Å². The number of benzene rings is 1. The van der Waals surface area contributed by atoms with Crippen LogP contribution in [-0.2, 0) is 11.2 Å². The van der Waals surface area contributed by atoms with Gasteiger partial charge in [-0.2, -0.15) is 0 Å². The van der Waals surface area contributed by atoms with Crippen molar-refractivity contribution in [2.75, 3.05) is 11.9 Å². The second kappa shape index (κ2) is 5.21. The van der Waals surface area contributed by atoms with Crippen LogP contribution in [0.25, 0.3) is 0 Å². The largest absolute Gasteiger partial charge is 0.373 e. The Balaban J connectivity index is 1.84. The molecule has 1 atom stereocenters. The van der Waals surface area contributed by atoms with Gasteiger partial charge >= 0.3 is 0 Å². The number of anilines is 1. The van der Waals surface area contributed by atoms with E-state index in [1.807, 2.05) is 18.2 Å². The summed E-state index contributed by atoms with van der Waals surface area (Å²) in [5.41, 5.74) is 2.33. The number of carbonyl (C=O) groups is 1. The lowest BCUT2D eigenvalue weighted by atomic mass is 10.1. The summed E-state index contributed by atoms with van der Waals surface area (Å²) in [5.74, 6) is 0.742. The van der Waals surface area contributed by atoms with E-state index >= 15 is 0 Å². The van der Waals surface area contributed by atoms with E-state index in [2.05, 4.69) is 30.5 Å². The van der Waals surface area contributed by atoms with Crippen LogP contribution in [-0.4, -0.2) is 18.5 Å². The fraction of sp³-hybridized carbons (Fsp3) is 0.500. The molecule has 0 bridgehead atoms. The third kappa shape index (κ3) is 2.99. The van der Waals surface area contributed by atoms with Gasteiger partial charge in [0.25, 0.3) is 0 Å². The Labute approximate surface area is 103 Å². The quantitative estimate of drug-likeness (QED) is 0.835. The van der Waals surface area contributed by atoms with Gasteiger partial charge in [0.15, 0.2) is 0 Å². The standard InChI is InChI=1S/C14H20N2O/c1-10(2)7-8-15-14(17)13-9-11-5-3-4-6-12(11)16-13/h3-6,10,13,16H,7-9H2,1-2H3,(H,15,17). The van der Waals surface area contributed by atoms with Gasteiger partial charge in [-0.15, -0.1) is 0 Å². The highest BCUT2D eigenvalue weighted by Crippen LogP contribution is 2.24. The first-order chi connectivity index (χ1) is 8.16. The first kappa shape index (κ1) is 12.0. The molecule has 0 aromatic heterocycles. The van der Waals surface area contributed by atoms with Gasteiger partial charge in [-0.05, 0) is 24.0 Å². The van der Waals surface area contributed by atoms with Gasteiger partial charge in [0.05, 0.1) is 0 Å². The summed E-state index contributed by atoms with van der Waals surface area (Å²) in [6.07, 6.45) is 1.83. The van der Waals surface area contributed by atoms with E-state index in [1.165, 1.54) is 5.56 Å². The minimum absolute atomic E-state index is 0.0976. The van der Waals surface area contributed by atoms with Crippen LogP contribution in [0.15, 0.2) is 24.3 Å². The average molecular weight is 232 g/mol. The molecule has 0 radical (unpaired) electrons. The van der Waals surface area contributed by atoms with Crippen LogP contribution >= 0.6 is 0 Å². The Kier molecular flexibility index (Phi) is 3.67. The number of hydrogen-bond donors (Lipinski definition) is 2. The number of hydrogen-bond acceptors (Lipinski definition) is 2. The Morgan fingerprint density at radius 2 is 2.24 bits per heavy atom. The van der Waals surface area contributed by atoms with Crippen molar-refractivity contribution in [2.45, 2.75) is 32.7 Å². The molecule has 0 saturated carbocycles. The maximum Gasteiger partial charge on any atom is 0.242 e. The van der Waals surface area contributed by atoms with Crippen LogP contribution in [0.3, 0.4) is 0 Å². The molecule has 1 aliphatic rings. The summed E-state index contributed by atoms with van der Waals surface area (Å²) in [5, 5.41) is 6.25.